The number of hydrogen-bond acceptors (Lipinski definition) is 4. The normalized spacial score (nSPS) is 12.2. The Labute approximate surface area is 200 Å². The van der Waals surface area contributed by atoms with Crippen molar-refractivity contribution in [3.8, 4) is 5.75 Å². The van der Waals surface area contributed by atoms with Crippen LogP contribution in [0.5, 0.6) is 5.75 Å². The number of amides is 1. The Morgan fingerprint density at radius 3 is 2.27 bits per heavy atom. The molecular weight excluding hydrogens is 460 g/mol. The fourth-order valence-electron chi connectivity index (χ4n) is 3.40. The average Bonchev–Trinajstić information content (AvgIpc) is 2.79. The summed E-state index contributed by atoms with van der Waals surface area (Å²) in [6.07, 6.45) is 0. The number of ether oxygens (including phenoxy) is 1. The van der Waals surface area contributed by atoms with Gasteiger partial charge in [-0.3, -0.25) is 9.10 Å². The lowest BCUT2D eigenvalue weighted by atomic mass is 10.1. The van der Waals surface area contributed by atoms with Crippen molar-refractivity contribution in [2.75, 3.05) is 18.0 Å². The number of aryl methyl sites for hydroxylation is 1. The van der Waals surface area contributed by atoms with Crippen LogP contribution in [0.2, 0.25) is 5.02 Å². The van der Waals surface area contributed by atoms with Gasteiger partial charge in [-0.15, -0.1) is 0 Å². The van der Waals surface area contributed by atoms with Crippen LogP contribution in [-0.4, -0.2) is 28.0 Å². The first-order valence-corrected chi connectivity index (χ1v) is 12.2. The number of rotatable bonds is 8. The third-order valence-electron chi connectivity index (χ3n) is 5.40. The molecule has 0 heterocycles. The van der Waals surface area contributed by atoms with Crippen molar-refractivity contribution in [1.82, 2.24) is 5.32 Å². The van der Waals surface area contributed by atoms with Crippen molar-refractivity contribution < 1.29 is 17.9 Å². The van der Waals surface area contributed by atoms with E-state index >= 15 is 0 Å². The summed E-state index contributed by atoms with van der Waals surface area (Å²) in [5.74, 6) is 0.275. The zero-order valence-corrected chi connectivity index (χ0v) is 20.6. The Morgan fingerprint density at radius 1 is 1.03 bits per heavy atom. The Balaban J connectivity index is 1.91. The van der Waals surface area contributed by atoms with Crippen LogP contribution in [0.25, 0.3) is 0 Å². The predicted molar refractivity (Wildman–Crippen MR) is 131 cm³/mol. The van der Waals surface area contributed by atoms with Crippen molar-refractivity contribution in [3.63, 3.8) is 0 Å². The minimum Gasteiger partial charge on any atom is -0.497 e. The van der Waals surface area contributed by atoms with E-state index in [4.69, 9.17) is 16.3 Å². The molecule has 0 bridgehead atoms. The van der Waals surface area contributed by atoms with Gasteiger partial charge in [-0.2, -0.15) is 0 Å². The maximum atomic E-state index is 13.6. The third-order valence-corrected chi connectivity index (χ3v) is 7.58. The van der Waals surface area contributed by atoms with E-state index in [2.05, 4.69) is 5.32 Å². The second-order valence-electron chi connectivity index (χ2n) is 7.77. The second-order valence-corrected chi connectivity index (χ2v) is 10.0. The van der Waals surface area contributed by atoms with Gasteiger partial charge in [-0.25, -0.2) is 8.42 Å². The molecule has 0 saturated heterocycles. The molecule has 0 aliphatic heterocycles. The predicted octanol–water partition coefficient (Wildman–Crippen LogP) is 5.04. The molecule has 3 aromatic carbocycles. The highest BCUT2D eigenvalue weighted by atomic mass is 35.5. The molecule has 0 unspecified atom stereocenters. The molecule has 8 heteroatoms. The number of halogens is 1. The quantitative estimate of drug-likeness (QED) is 0.484. The zero-order chi connectivity index (χ0) is 24.2. The number of benzene rings is 3. The monoisotopic (exact) mass is 486 g/mol. The first-order valence-electron chi connectivity index (χ1n) is 10.4. The molecule has 1 amide bonds. The molecule has 0 saturated carbocycles. The highest BCUT2D eigenvalue weighted by molar-refractivity contribution is 7.92. The lowest BCUT2D eigenvalue weighted by Gasteiger charge is -2.27. The van der Waals surface area contributed by atoms with Gasteiger partial charge in [-0.1, -0.05) is 47.5 Å². The number of nitrogens with zero attached hydrogens (tertiary/aromatic N) is 1. The Hall–Kier alpha value is -3.03. The van der Waals surface area contributed by atoms with E-state index in [1.165, 1.54) is 12.1 Å². The fraction of sp³-hybridized carbons (Fsp3) is 0.240. The highest BCUT2D eigenvalue weighted by Crippen LogP contribution is 2.31. The van der Waals surface area contributed by atoms with Crippen LogP contribution in [0.15, 0.2) is 71.6 Å². The van der Waals surface area contributed by atoms with Gasteiger partial charge in [0, 0.05) is 5.02 Å². The highest BCUT2D eigenvalue weighted by Gasteiger charge is 2.29. The molecule has 0 radical (unpaired) electrons. The zero-order valence-electron chi connectivity index (χ0n) is 19.0. The van der Waals surface area contributed by atoms with E-state index in [1.54, 1.807) is 44.4 Å². The molecule has 0 fully saturated rings. The molecule has 3 aromatic rings. The largest absolute Gasteiger partial charge is 0.497 e. The summed E-state index contributed by atoms with van der Waals surface area (Å²) in [5.41, 5.74) is 2.74. The van der Waals surface area contributed by atoms with E-state index in [-0.39, 0.29) is 10.9 Å². The van der Waals surface area contributed by atoms with Crippen LogP contribution in [-0.2, 0) is 14.8 Å². The van der Waals surface area contributed by atoms with Gasteiger partial charge in [-0.05, 0) is 68.3 Å². The Bertz CT molecular complexity index is 1230. The maximum absolute atomic E-state index is 13.6. The van der Waals surface area contributed by atoms with E-state index < -0.39 is 22.5 Å². The van der Waals surface area contributed by atoms with Crippen molar-refractivity contribution >= 4 is 33.2 Å². The lowest BCUT2D eigenvalue weighted by molar-refractivity contribution is -0.120. The van der Waals surface area contributed by atoms with Crippen molar-refractivity contribution in [3.05, 3.63) is 88.4 Å². The number of methoxy groups -OCH3 is 1. The van der Waals surface area contributed by atoms with Crippen LogP contribution >= 0.6 is 11.6 Å². The Morgan fingerprint density at radius 2 is 1.67 bits per heavy atom. The minimum absolute atomic E-state index is 0.100. The average molecular weight is 487 g/mol. The number of carbonyl (C=O) groups excluding carboxylic acids is 1. The molecule has 0 spiro atoms. The molecule has 1 atom stereocenters. The van der Waals surface area contributed by atoms with Crippen LogP contribution in [0.4, 0.5) is 5.69 Å². The molecule has 33 heavy (non-hydrogen) atoms. The Kier molecular flexibility index (Phi) is 7.66. The van der Waals surface area contributed by atoms with Gasteiger partial charge < -0.3 is 10.1 Å². The number of nitrogens with one attached hydrogen (secondary N) is 1. The van der Waals surface area contributed by atoms with Crippen LogP contribution in [0.3, 0.4) is 0 Å². The van der Waals surface area contributed by atoms with Gasteiger partial charge in [0.05, 0.1) is 23.7 Å². The summed E-state index contributed by atoms with van der Waals surface area (Å²) in [7, 11) is -2.43. The third kappa shape index (κ3) is 5.67. The SMILES string of the molecule is COc1ccc([C@H](C)NC(=O)CN(c2cccc(Cl)c2C)S(=O)(=O)c2ccc(C)cc2)cc1. The van der Waals surface area contributed by atoms with Gasteiger partial charge in [0.1, 0.15) is 12.3 Å². The van der Waals surface area contributed by atoms with E-state index in [0.717, 1.165) is 15.4 Å². The number of hydrogen-bond donors (Lipinski definition) is 1. The first-order chi connectivity index (χ1) is 15.6. The van der Waals surface area contributed by atoms with E-state index in [9.17, 15) is 13.2 Å². The van der Waals surface area contributed by atoms with Crippen LogP contribution in [0, 0.1) is 13.8 Å². The summed E-state index contributed by atoms with van der Waals surface area (Å²) in [4.78, 5) is 13.1. The summed E-state index contributed by atoms with van der Waals surface area (Å²) in [6.45, 7) is 5.05. The van der Waals surface area contributed by atoms with E-state index in [0.29, 0.717) is 22.0 Å². The second kappa shape index (κ2) is 10.3. The molecule has 0 aliphatic carbocycles. The maximum Gasteiger partial charge on any atom is 0.264 e. The first kappa shape index (κ1) is 24.6. The smallest absolute Gasteiger partial charge is 0.264 e. The molecule has 1 N–H and O–H groups in total. The van der Waals surface area contributed by atoms with Crippen LogP contribution < -0.4 is 14.4 Å². The molecular formula is C25H27ClN2O4S. The topological polar surface area (TPSA) is 75.7 Å². The summed E-state index contributed by atoms with van der Waals surface area (Å²) in [6, 6.07) is 18.5. The summed E-state index contributed by atoms with van der Waals surface area (Å²) >= 11 is 6.27. The number of anilines is 1. The number of sulfonamides is 1. The van der Waals surface area contributed by atoms with Crippen molar-refractivity contribution in [1.29, 1.82) is 0 Å². The molecule has 3 rings (SSSR count). The van der Waals surface area contributed by atoms with Gasteiger partial charge >= 0.3 is 0 Å². The lowest BCUT2D eigenvalue weighted by Crippen LogP contribution is -2.42. The van der Waals surface area contributed by atoms with Gasteiger partial charge in [0.2, 0.25) is 5.91 Å². The summed E-state index contributed by atoms with van der Waals surface area (Å²) in [5, 5.41) is 3.30. The summed E-state index contributed by atoms with van der Waals surface area (Å²) < 4.78 is 33.4. The van der Waals surface area contributed by atoms with Gasteiger partial charge in [0.25, 0.3) is 10.0 Å². The number of carbonyl (C=O) groups is 1. The van der Waals surface area contributed by atoms with Crippen molar-refractivity contribution in [2.24, 2.45) is 0 Å². The molecule has 0 aromatic heterocycles. The van der Waals surface area contributed by atoms with Crippen LogP contribution in [0.1, 0.15) is 29.7 Å². The fourth-order valence-corrected chi connectivity index (χ4v) is 5.04. The minimum atomic E-state index is -4.02. The van der Waals surface area contributed by atoms with Crippen molar-refractivity contribution in [2.45, 2.75) is 31.7 Å². The molecule has 174 valence electrons. The standard InChI is InChI=1S/C25H27ClN2O4S/c1-17-8-14-22(15-9-17)33(30,31)28(24-7-5-6-23(26)18(24)2)16-25(29)27-19(3)20-10-12-21(32-4)13-11-20/h5-15,19H,16H2,1-4H3,(H,27,29)/t19-/m0/s1. The van der Waals surface area contributed by atoms with E-state index in [1.807, 2.05) is 38.1 Å². The van der Waals surface area contributed by atoms with Gasteiger partial charge in [0.15, 0.2) is 0 Å². The molecule has 0 aliphatic rings. The molecule has 6 nitrogen and oxygen atoms in total.